The van der Waals surface area contributed by atoms with Gasteiger partial charge in [-0.1, -0.05) is 39.8 Å². The second-order valence-electron chi connectivity index (χ2n) is 8.48. The minimum atomic E-state index is -0.937. The molecule has 0 bridgehead atoms. The van der Waals surface area contributed by atoms with Gasteiger partial charge in [0.15, 0.2) is 5.76 Å². The number of aromatic nitrogens is 2. The van der Waals surface area contributed by atoms with Crippen LogP contribution in [0.5, 0.6) is 0 Å². The van der Waals surface area contributed by atoms with Gasteiger partial charge in [0.1, 0.15) is 5.69 Å². The zero-order valence-electron chi connectivity index (χ0n) is 15.9. The van der Waals surface area contributed by atoms with Gasteiger partial charge in [-0.15, -0.1) is 0 Å². The number of fused-ring (bicyclic) bond motifs is 1. The van der Waals surface area contributed by atoms with E-state index in [1.165, 1.54) is 0 Å². The SMILES string of the molecule is CC1(C)CC(C)(C)c2nc(-c3cc(-c4ccc(C(=O)O)cc4)co3)cnc21. The zero-order chi connectivity index (χ0) is 19.4. The molecule has 5 nitrogen and oxygen atoms in total. The molecule has 0 radical (unpaired) electrons. The first-order chi connectivity index (χ1) is 12.7. The van der Waals surface area contributed by atoms with Crippen molar-refractivity contribution >= 4 is 5.97 Å². The van der Waals surface area contributed by atoms with E-state index in [0.717, 1.165) is 28.9 Å². The van der Waals surface area contributed by atoms with Gasteiger partial charge in [0.2, 0.25) is 0 Å². The lowest BCUT2D eigenvalue weighted by molar-refractivity contribution is 0.0697. The van der Waals surface area contributed by atoms with Crippen LogP contribution in [0.2, 0.25) is 0 Å². The third kappa shape index (κ3) is 2.93. The third-order valence-corrected chi connectivity index (χ3v) is 5.26. The van der Waals surface area contributed by atoms with Crippen LogP contribution in [0, 0.1) is 0 Å². The number of rotatable bonds is 3. The van der Waals surface area contributed by atoms with Gasteiger partial charge in [-0.3, -0.25) is 4.98 Å². The largest absolute Gasteiger partial charge is 0.478 e. The molecule has 5 heteroatoms. The minimum absolute atomic E-state index is 0.0184. The van der Waals surface area contributed by atoms with Crippen LogP contribution < -0.4 is 0 Å². The first-order valence-electron chi connectivity index (χ1n) is 8.98. The summed E-state index contributed by atoms with van der Waals surface area (Å²) >= 11 is 0. The summed E-state index contributed by atoms with van der Waals surface area (Å²) in [5.41, 5.74) is 4.84. The Balaban J connectivity index is 1.69. The molecule has 1 aliphatic rings. The number of carbonyl (C=O) groups is 1. The van der Waals surface area contributed by atoms with Gasteiger partial charge in [-0.2, -0.15) is 0 Å². The molecule has 138 valence electrons. The second-order valence-corrected chi connectivity index (χ2v) is 8.48. The molecule has 0 amide bonds. The Morgan fingerprint density at radius 1 is 1.04 bits per heavy atom. The second kappa shape index (κ2) is 5.78. The van der Waals surface area contributed by atoms with E-state index < -0.39 is 5.97 Å². The highest BCUT2D eigenvalue weighted by Crippen LogP contribution is 2.47. The Labute approximate surface area is 158 Å². The maximum Gasteiger partial charge on any atom is 0.335 e. The molecule has 3 aromatic rings. The number of nitrogens with zero attached hydrogens (tertiary/aromatic N) is 2. The van der Waals surface area contributed by atoms with E-state index in [1.54, 1.807) is 36.7 Å². The number of carboxylic acids is 1. The van der Waals surface area contributed by atoms with E-state index in [9.17, 15) is 4.79 Å². The van der Waals surface area contributed by atoms with Gasteiger partial charge in [0, 0.05) is 16.4 Å². The lowest BCUT2D eigenvalue weighted by Crippen LogP contribution is -2.18. The highest BCUT2D eigenvalue weighted by Gasteiger charge is 2.44. The van der Waals surface area contributed by atoms with Gasteiger partial charge in [-0.25, -0.2) is 9.78 Å². The molecule has 2 heterocycles. The topological polar surface area (TPSA) is 76.2 Å². The molecule has 0 unspecified atom stereocenters. The van der Waals surface area contributed by atoms with Gasteiger partial charge in [0.25, 0.3) is 0 Å². The average Bonchev–Trinajstić information content (AvgIpc) is 3.16. The monoisotopic (exact) mass is 362 g/mol. The van der Waals surface area contributed by atoms with E-state index in [4.69, 9.17) is 19.5 Å². The molecule has 4 rings (SSSR count). The van der Waals surface area contributed by atoms with Crippen molar-refractivity contribution in [2.75, 3.05) is 0 Å². The predicted molar refractivity (Wildman–Crippen MR) is 103 cm³/mol. The molecule has 1 aliphatic carbocycles. The maximum absolute atomic E-state index is 11.0. The molecular formula is C22H22N2O3. The van der Waals surface area contributed by atoms with Gasteiger partial charge in [-0.05, 0) is 30.2 Å². The zero-order valence-corrected chi connectivity index (χ0v) is 15.9. The Hall–Kier alpha value is -2.95. The van der Waals surface area contributed by atoms with Crippen molar-refractivity contribution in [2.24, 2.45) is 0 Å². The van der Waals surface area contributed by atoms with Crippen molar-refractivity contribution in [2.45, 2.75) is 44.9 Å². The van der Waals surface area contributed by atoms with Crippen LogP contribution in [0.15, 0.2) is 47.2 Å². The quantitative estimate of drug-likeness (QED) is 0.705. The minimum Gasteiger partial charge on any atom is -0.478 e. The summed E-state index contributed by atoms with van der Waals surface area (Å²) in [5.74, 6) is -0.281. The Bertz CT molecular complexity index is 1030. The average molecular weight is 362 g/mol. The summed E-state index contributed by atoms with van der Waals surface area (Å²) in [6, 6.07) is 8.64. The molecule has 0 saturated heterocycles. The molecule has 0 fully saturated rings. The number of carboxylic acid groups (broad SMARTS) is 1. The van der Waals surface area contributed by atoms with Crippen LogP contribution in [-0.2, 0) is 10.8 Å². The first kappa shape index (κ1) is 17.5. The summed E-state index contributed by atoms with van der Waals surface area (Å²) in [7, 11) is 0. The van der Waals surface area contributed by atoms with Crippen molar-refractivity contribution in [1.82, 2.24) is 9.97 Å². The van der Waals surface area contributed by atoms with Crippen LogP contribution in [0.25, 0.3) is 22.6 Å². The third-order valence-electron chi connectivity index (χ3n) is 5.26. The number of hydrogen-bond acceptors (Lipinski definition) is 4. The lowest BCUT2D eigenvalue weighted by atomic mass is 9.83. The van der Waals surface area contributed by atoms with E-state index in [-0.39, 0.29) is 16.4 Å². The van der Waals surface area contributed by atoms with Gasteiger partial charge in [0.05, 0.1) is 29.4 Å². The molecule has 0 saturated carbocycles. The summed E-state index contributed by atoms with van der Waals surface area (Å²) in [6.45, 7) is 8.83. The van der Waals surface area contributed by atoms with E-state index in [2.05, 4.69) is 27.7 Å². The molecule has 0 atom stereocenters. The van der Waals surface area contributed by atoms with Crippen molar-refractivity contribution in [3.05, 3.63) is 59.7 Å². The maximum atomic E-state index is 11.0. The first-order valence-corrected chi connectivity index (χ1v) is 8.98. The Morgan fingerprint density at radius 2 is 1.70 bits per heavy atom. The molecule has 1 N–H and O–H groups in total. The van der Waals surface area contributed by atoms with Crippen LogP contribution in [0.4, 0.5) is 0 Å². The van der Waals surface area contributed by atoms with E-state index >= 15 is 0 Å². The highest BCUT2D eigenvalue weighted by atomic mass is 16.4. The summed E-state index contributed by atoms with van der Waals surface area (Å²) in [5, 5.41) is 9.02. The standard InChI is InChI=1S/C22H22N2O3/c1-21(2)12-22(3,4)19-18(21)23-10-16(24-19)17-9-15(11-27-17)13-5-7-14(8-6-13)20(25)26/h5-11H,12H2,1-4H3,(H,25,26). The number of hydrogen-bond donors (Lipinski definition) is 1. The van der Waals surface area contributed by atoms with Crippen LogP contribution in [0.3, 0.4) is 0 Å². The smallest absolute Gasteiger partial charge is 0.335 e. The molecule has 0 aliphatic heterocycles. The fourth-order valence-corrected chi connectivity index (χ4v) is 4.17. The van der Waals surface area contributed by atoms with Crippen LogP contribution >= 0.6 is 0 Å². The number of aromatic carboxylic acids is 1. The molecule has 2 aromatic heterocycles. The molecular weight excluding hydrogens is 340 g/mol. The fraction of sp³-hybridized carbons (Fsp3) is 0.318. The van der Waals surface area contributed by atoms with E-state index in [0.29, 0.717) is 11.5 Å². The van der Waals surface area contributed by atoms with Crippen molar-refractivity contribution in [3.63, 3.8) is 0 Å². The van der Waals surface area contributed by atoms with Crippen molar-refractivity contribution < 1.29 is 14.3 Å². The van der Waals surface area contributed by atoms with Crippen LogP contribution in [-0.4, -0.2) is 21.0 Å². The summed E-state index contributed by atoms with van der Waals surface area (Å²) in [6.07, 6.45) is 4.45. The highest BCUT2D eigenvalue weighted by molar-refractivity contribution is 5.88. The van der Waals surface area contributed by atoms with Gasteiger partial charge >= 0.3 is 5.97 Å². The molecule has 1 aromatic carbocycles. The predicted octanol–water partition coefficient (Wildman–Crippen LogP) is 5.06. The van der Waals surface area contributed by atoms with E-state index in [1.807, 2.05) is 6.07 Å². The van der Waals surface area contributed by atoms with Crippen molar-refractivity contribution in [1.29, 1.82) is 0 Å². The van der Waals surface area contributed by atoms with Gasteiger partial charge < -0.3 is 9.52 Å². The molecule has 0 spiro atoms. The number of benzene rings is 1. The lowest BCUT2D eigenvalue weighted by Gasteiger charge is -2.21. The normalized spacial score (nSPS) is 16.9. The molecule has 27 heavy (non-hydrogen) atoms. The number of furan rings is 1. The Kier molecular flexibility index (Phi) is 3.74. The Morgan fingerprint density at radius 3 is 2.37 bits per heavy atom. The van der Waals surface area contributed by atoms with Crippen LogP contribution in [0.1, 0.15) is 55.9 Å². The summed E-state index contributed by atoms with van der Waals surface area (Å²) in [4.78, 5) is 20.6. The fourth-order valence-electron chi connectivity index (χ4n) is 4.17. The van der Waals surface area contributed by atoms with Crippen molar-refractivity contribution in [3.8, 4) is 22.6 Å². The summed E-state index contributed by atoms with van der Waals surface area (Å²) < 4.78 is 5.74.